The fourth-order valence-electron chi connectivity index (χ4n) is 3.85. The van der Waals surface area contributed by atoms with E-state index in [4.69, 9.17) is 21.1 Å². The van der Waals surface area contributed by atoms with Crippen LogP contribution in [0.4, 0.5) is 5.82 Å². The number of benzene rings is 1. The second-order valence-electron chi connectivity index (χ2n) is 8.90. The predicted molar refractivity (Wildman–Crippen MR) is 130 cm³/mol. The Morgan fingerprint density at radius 3 is 2.65 bits per heavy atom. The molecule has 4 rings (SSSR count). The minimum absolute atomic E-state index is 0.0284. The molecule has 3 aromatic rings. The SMILES string of the molecule is CN(Cc1ccccc1)c1nc(Cl)nc2c1cnn2[C@@H]1O[C@H](COCCP(C)(C)=O)[C@@H](O)[C@H]1O. The zero-order valence-corrected chi connectivity index (χ0v) is 20.9. The summed E-state index contributed by atoms with van der Waals surface area (Å²) in [4.78, 5) is 10.6. The molecule has 0 unspecified atom stereocenters. The summed E-state index contributed by atoms with van der Waals surface area (Å²) in [5.41, 5.74) is 1.48. The highest BCUT2D eigenvalue weighted by molar-refractivity contribution is 7.62. The zero-order chi connectivity index (χ0) is 24.5. The molecule has 1 fully saturated rings. The lowest BCUT2D eigenvalue weighted by molar-refractivity contribution is -0.0680. The van der Waals surface area contributed by atoms with Gasteiger partial charge in [0, 0.05) is 19.8 Å². The number of aliphatic hydroxyl groups is 2. The highest BCUT2D eigenvalue weighted by atomic mass is 35.5. The Hall–Kier alpha value is -2.07. The van der Waals surface area contributed by atoms with Crippen molar-refractivity contribution in [2.45, 2.75) is 31.1 Å². The summed E-state index contributed by atoms with van der Waals surface area (Å²) >= 11 is 6.24. The van der Waals surface area contributed by atoms with Crippen molar-refractivity contribution in [3.05, 3.63) is 47.4 Å². The van der Waals surface area contributed by atoms with E-state index in [1.807, 2.05) is 42.3 Å². The average molecular weight is 510 g/mol. The van der Waals surface area contributed by atoms with Gasteiger partial charge in [0.05, 0.1) is 31.9 Å². The minimum Gasteiger partial charge on any atom is -0.387 e. The number of hydrogen-bond donors (Lipinski definition) is 2. The Balaban J connectivity index is 1.53. The number of nitrogens with zero attached hydrogens (tertiary/aromatic N) is 5. The van der Waals surface area contributed by atoms with Crippen LogP contribution in [0.2, 0.25) is 5.28 Å². The molecule has 0 amide bonds. The molecule has 0 saturated carbocycles. The van der Waals surface area contributed by atoms with Gasteiger partial charge in [0.1, 0.15) is 24.1 Å². The lowest BCUT2D eigenvalue weighted by atomic mass is 10.1. The molecule has 0 aliphatic carbocycles. The first-order chi connectivity index (χ1) is 16.1. The van der Waals surface area contributed by atoms with Crippen molar-refractivity contribution in [3.63, 3.8) is 0 Å². The molecule has 0 bridgehead atoms. The van der Waals surface area contributed by atoms with E-state index in [1.165, 1.54) is 4.68 Å². The Kier molecular flexibility index (Phi) is 7.57. The van der Waals surface area contributed by atoms with E-state index in [2.05, 4.69) is 15.1 Å². The quantitative estimate of drug-likeness (QED) is 0.254. The molecule has 4 atom stereocenters. The first-order valence-corrected chi connectivity index (χ1v) is 14.1. The van der Waals surface area contributed by atoms with Gasteiger partial charge in [0.15, 0.2) is 11.9 Å². The summed E-state index contributed by atoms with van der Waals surface area (Å²) in [7, 11) is -0.301. The Labute approximate surface area is 202 Å². The topological polar surface area (TPSA) is 123 Å². The van der Waals surface area contributed by atoms with Crippen molar-refractivity contribution in [2.75, 3.05) is 44.7 Å². The smallest absolute Gasteiger partial charge is 0.226 e. The van der Waals surface area contributed by atoms with Crippen LogP contribution in [0.25, 0.3) is 11.0 Å². The molecule has 10 nitrogen and oxygen atoms in total. The molecule has 1 aliphatic rings. The molecule has 12 heteroatoms. The monoisotopic (exact) mass is 509 g/mol. The van der Waals surface area contributed by atoms with Gasteiger partial charge in [-0.1, -0.05) is 30.3 Å². The molecule has 0 spiro atoms. The number of ether oxygens (including phenoxy) is 2. The average Bonchev–Trinajstić information content (AvgIpc) is 3.32. The van der Waals surface area contributed by atoms with E-state index in [0.717, 1.165) is 5.56 Å². The molecular formula is C22H29ClN5O5P. The van der Waals surface area contributed by atoms with Crippen LogP contribution in [-0.2, 0) is 20.6 Å². The molecule has 184 valence electrons. The van der Waals surface area contributed by atoms with Gasteiger partial charge in [-0.05, 0) is 30.5 Å². The number of aliphatic hydroxyl groups excluding tert-OH is 2. The van der Waals surface area contributed by atoms with Gasteiger partial charge in [-0.25, -0.2) is 4.68 Å². The van der Waals surface area contributed by atoms with Gasteiger partial charge in [0.25, 0.3) is 0 Å². The molecule has 1 aliphatic heterocycles. The van der Waals surface area contributed by atoms with E-state index in [0.29, 0.717) is 29.6 Å². The molecule has 1 aromatic carbocycles. The predicted octanol–water partition coefficient (Wildman–Crippen LogP) is 2.37. The number of aromatic nitrogens is 4. The van der Waals surface area contributed by atoms with Gasteiger partial charge in [-0.15, -0.1) is 0 Å². The number of rotatable bonds is 9. The van der Waals surface area contributed by atoms with Gasteiger partial charge in [0.2, 0.25) is 5.28 Å². The van der Waals surface area contributed by atoms with E-state index < -0.39 is 31.7 Å². The highest BCUT2D eigenvalue weighted by Gasteiger charge is 2.45. The Morgan fingerprint density at radius 2 is 1.94 bits per heavy atom. The second kappa shape index (κ2) is 10.3. The van der Waals surface area contributed by atoms with Crippen LogP contribution in [0.5, 0.6) is 0 Å². The molecule has 2 N–H and O–H groups in total. The van der Waals surface area contributed by atoms with Crippen molar-refractivity contribution in [2.24, 2.45) is 0 Å². The third-order valence-electron chi connectivity index (χ3n) is 5.67. The van der Waals surface area contributed by atoms with Crippen molar-refractivity contribution in [3.8, 4) is 0 Å². The lowest BCUT2D eigenvalue weighted by Crippen LogP contribution is -2.34. The van der Waals surface area contributed by atoms with Crippen molar-refractivity contribution in [1.82, 2.24) is 19.7 Å². The summed E-state index contributed by atoms with van der Waals surface area (Å²) in [5.74, 6) is 0.585. The van der Waals surface area contributed by atoms with E-state index in [1.54, 1.807) is 19.5 Å². The molecule has 2 aromatic heterocycles. The zero-order valence-electron chi connectivity index (χ0n) is 19.3. The summed E-state index contributed by atoms with van der Waals surface area (Å²) < 4.78 is 24.7. The van der Waals surface area contributed by atoms with Crippen LogP contribution in [-0.4, -0.2) is 88.0 Å². The number of fused-ring (bicyclic) bond motifs is 1. The number of hydrogen-bond acceptors (Lipinski definition) is 9. The van der Waals surface area contributed by atoms with Crippen LogP contribution in [0, 0.1) is 0 Å². The minimum atomic E-state index is -2.20. The van der Waals surface area contributed by atoms with E-state index >= 15 is 0 Å². The van der Waals surface area contributed by atoms with Crippen LogP contribution in [0.3, 0.4) is 0 Å². The molecule has 34 heavy (non-hydrogen) atoms. The van der Waals surface area contributed by atoms with E-state index in [9.17, 15) is 14.8 Å². The summed E-state index contributed by atoms with van der Waals surface area (Å²) in [6.07, 6.45) is -2.17. The first kappa shape index (κ1) is 25.0. The third-order valence-corrected chi connectivity index (χ3v) is 7.09. The summed E-state index contributed by atoms with van der Waals surface area (Å²) in [6, 6.07) is 9.94. The standard InChI is InChI=1S/C22H29ClN5O5P/c1-27(12-14-7-5-4-6-8-14)19-15-11-24-28(20(15)26-22(23)25-19)21-18(30)17(29)16(33-21)13-32-9-10-34(2,3)31/h4-8,11,16-18,21,29-30H,9-10,12-13H2,1-3H3/t16-,17-,18-,21-/m1/s1. The summed E-state index contributed by atoms with van der Waals surface area (Å²) in [5, 5.41) is 26.2. The van der Waals surface area contributed by atoms with Crippen molar-refractivity contribution in [1.29, 1.82) is 0 Å². The van der Waals surface area contributed by atoms with Crippen LogP contribution < -0.4 is 4.90 Å². The van der Waals surface area contributed by atoms with Crippen LogP contribution >= 0.6 is 18.7 Å². The fourth-order valence-corrected chi connectivity index (χ4v) is 4.58. The van der Waals surface area contributed by atoms with Crippen molar-refractivity contribution >= 4 is 35.6 Å². The van der Waals surface area contributed by atoms with E-state index in [-0.39, 0.29) is 18.5 Å². The number of anilines is 1. The van der Waals surface area contributed by atoms with Gasteiger partial charge < -0.3 is 29.2 Å². The van der Waals surface area contributed by atoms with Gasteiger partial charge in [-0.2, -0.15) is 15.1 Å². The largest absolute Gasteiger partial charge is 0.387 e. The van der Waals surface area contributed by atoms with Gasteiger partial charge in [-0.3, -0.25) is 0 Å². The molecule has 0 radical (unpaired) electrons. The molecule has 3 heterocycles. The lowest BCUT2D eigenvalue weighted by Gasteiger charge is -2.20. The fraction of sp³-hybridized carbons (Fsp3) is 0.500. The maximum atomic E-state index is 11.8. The highest BCUT2D eigenvalue weighted by Crippen LogP contribution is 2.36. The maximum Gasteiger partial charge on any atom is 0.226 e. The van der Waals surface area contributed by atoms with Crippen LogP contribution in [0.1, 0.15) is 11.8 Å². The first-order valence-electron chi connectivity index (χ1n) is 10.9. The normalized spacial score (nSPS) is 23.0. The molecule has 1 saturated heterocycles. The molecular weight excluding hydrogens is 481 g/mol. The third kappa shape index (κ3) is 5.59. The maximum absolute atomic E-state index is 11.8. The van der Waals surface area contributed by atoms with Gasteiger partial charge >= 0.3 is 0 Å². The number of halogens is 1. The Morgan fingerprint density at radius 1 is 1.21 bits per heavy atom. The van der Waals surface area contributed by atoms with Crippen LogP contribution in [0.15, 0.2) is 36.5 Å². The van der Waals surface area contributed by atoms with Crippen molar-refractivity contribution < 1.29 is 24.3 Å². The summed E-state index contributed by atoms with van der Waals surface area (Å²) in [6.45, 7) is 4.31. The Bertz CT molecular complexity index is 1170. The second-order valence-corrected chi connectivity index (χ2v) is 12.8.